The summed E-state index contributed by atoms with van der Waals surface area (Å²) in [6.45, 7) is -0.266. The molecule has 0 radical (unpaired) electrons. The first kappa shape index (κ1) is 29.0. The van der Waals surface area contributed by atoms with Crippen LogP contribution in [-0.4, -0.2) is 150 Å². The van der Waals surface area contributed by atoms with Crippen molar-refractivity contribution in [1.29, 1.82) is 0 Å². The van der Waals surface area contributed by atoms with Crippen LogP contribution in [0.3, 0.4) is 0 Å². The Morgan fingerprint density at radius 1 is 0.706 bits per heavy atom. The van der Waals surface area contributed by atoms with Gasteiger partial charge in [-0.3, -0.25) is 0 Å². The fraction of sp³-hybridized carbons (Fsp3) is 1.00. The third-order valence-corrected chi connectivity index (χ3v) is 5.24. The van der Waals surface area contributed by atoms with Crippen LogP contribution < -0.4 is 0 Å². The number of nitrogens with zero attached hydrogens (tertiary/aromatic N) is 3. The first-order valence-electron chi connectivity index (χ1n) is 10.7. The second-order valence-electron chi connectivity index (χ2n) is 7.55. The molecule has 2 rings (SSSR count). The van der Waals surface area contributed by atoms with E-state index in [4.69, 9.17) is 34.0 Å². The number of ether oxygens (including phenoxy) is 6. The van der Waals surface area contributed by atoms with Gasteiger partial charge in [-0.25, -0.2) is 0 Å². The average molecular weight is 499 g/mol. The molecule has 34 heavy (non-hydrogen) atoms. The van der Waals surface area contributed by atoms with Crippen LogP contribution in [0.5, 0.6) is 0 Å². The molecule has 198 valence electrons. The lowest BCUT2D eigenvalue weighted by atomic mass is 9.97. The molecule has 2 aliphatic rings. The molecule has 2 aliphatic heterocycles. The van der Waals surface area contributed by atoms with Crippen molar-refractivity contribution in [3.8, 4) is 0 Å². The smallest absolute Gasteiger partial charge is 0.187 e. The number of hydrogen-bond acceptors (Lipinski definition) is 14. The molecule has 2 saturated heterocycles. The van der Waals surface area contributed by atoms with Gasteiger partial charge in [0.2, 0.25) is 0 Å². The van der Waals surface area contributed by atoms with Crippen molar-refractivity contribution >= 4 is 0 Å². The standard InChI is InChI=1S/C18H33N3O13/c19-21-20-1-2-29-3-4-30-5-6-31-17-15(28)13(26)16(10(8-23)33-17)34-18-14(27)12(25)11(24)9(7-22)32-18/h9-18,22-28H,1-8H2. The van der Waals surface area contributed by atoms with Crippen LogP contribution in [0.15, 0.2) is 5.11 Å². The predicted octanol–water partition coefficient (Wildman–Crippen LogP) is -4.03. The Labute approximate surface area is 194 Å². The number of aliphatic hydroxyl groups is 7. The van der Waals surface area contributed by atoms with Crippen LogP contribution in [0, 0.1) is 0 Å². The topological polar surface area (TPSA) is 246 Å². The predicted molar refractivity (Wildman–Crippen MR) is 108 cm³/mol. The zero-order chi connectivity index (χ0) is 25.1. The van der Waals surface area contributed by atoms with Gasteiger partial charge >= 0.3 is 0 Å². The molecule has 7 N–H and O–H groups in total. The molecule has 2 fully saturated rings. The van der Waals surface area contributed by atoms with Crippen LogP contribution in [0.4, 0.5) is 0 Å². The summed E-state index contributed by atoms with van der Waals surface area (Å²) in [5.41, 5.74) is 8.14. The summed E-state index contributed by atoms with van der Waals surface area (Å²) in [5, 5.41) is 73.0. The van der Waals surface area contributed by atoms with Crippen molar-refractivity contribution in [2.75, 3.05) is 52.8 Å². The molecule has 0 aromatic carbocycles. The van der Waals surface area contributed by atoms with Gasteiger partial charge in [-0.1, -0.05) is 5.11 Å². The van der Waals surface area contributed by atoms with E-state index in [9.17, 15) is 35.7 Å². The van der Waals surface area contributed by atoms with Gasteiger partial charge < -0.3 is 64.2 Å². The van der Waals surface area contributed by atoms with Gasteiger partial charge in [-0.05, 0) is 5.53 Å². The Bertz CT molecular complexity index is 624. The summed E-state index contributed by atoms with van der Waals surface area (Å²) in [6.07, 6.45) is -15.1. The molecule has 10 atom stereocenters. The van der Waals surface area contributed by atoms with E-state index < -0.39 is 74.6 Å². The van der Waals surface area contributed by atoms with Gasteiger partial charge in [0.15, 0.2) is 12.6 Å². The highest BCUT2D eigenvalue weighted by Gasteiger charge is 2.50. The minimum Gasteiger partial charge on any atom is -0.394 e. The average Bonchev–Trinajstić information content (AvgIpc) is 2.84. The van der Waals surface area contributed by atoms with E-state index in [1.807, 2.05) is 0 Å². The largest absolute Gasteiger partial charge is 0.394 e. The van der Waals surface area contributed by atoms with E-state index in [1.54, 1.807) is 0 Å². The van der Waals surface area contributed by atoms with Gasteiger partial charge in [0.25, 0.3) is 0 Å². The summed E-state index contributed by atoms with van der Waals surface area (Å²) in [5.74, 6) is 0. The maximum absolute atomic E-state index is 10.5. The zero-order valence-electron chi connectivity index (χ0n) is 18.4. The van der Waals surface area contributed by atoms with Crippen LogP contribution in [0.25, 0.3) is 10.4 Å². The number of hydrogen-bond donors (Lipinski definition) is 7. The van der Waals surface area contributed by atoms with E-state index in [2.05, 4.69) is 10.0 Å². The normalized spacial score (nSPS) is 38.4. The fourth-order valence-electron chi connectivity index (χ4n) is 3.39. The van der Waals surface area contributed by atoms with Crippen molar-refractivity contribution in [3.05, 3.63) is 10.4 Å². The van der Waals surface area contributed by atoms with Gasteiger partial charge in [-0.15, -0.1) is 0 Å². The molecule has 0 aliphatic carbocycles. The fourth-order valence-corrected chi connectivity index (χ4v) is 3.39. The summed E-state index contributed by atoms with van der Waals surface area (Å²) in [7, 11) is 0. The SMILES string of the molecule is [N-]=[N+]=NCCOCCOCCOC1OC(CO)C(OC2OC(CO)C(O)C(O)C2O)C(O)C1O. The highest BCUT2D eigenvalue weighted by atomic mass is 16.7. The van der Waals surface area contributed by atoms with Gasteiger partial charge in [-0.2, -0.15) is 0 Å². The molecule has 16 heteroatoms. The molecule has 2 heterocycles. The minimum absolute atomic E-state index is 0.0243. The van der Waals surface area contributed by atoms with E-state index in [1.165, 1.54) is 0 Å². The molecule has 0 bridgehead atoms. The summed E-state index contributed by atoms with van der Waals surface area (Å²) in [6, 6.07) is 0. The lowest BCUT2D eigenvalue weighted by Crippen LogP contribution is -2.64. The molecular weight excluding hydrogens is 466 g/mol. The number of azide groups is 1. The Balaban J connectivity index is 1.79. The molecule has 0 aromatic rings. The van der Waals surface area contributed by atoms with E-state index in [-0.39, 0.29) is 39.6 Å². The monoisotopic (exact) mass is 499 g/mol. The van der Waals surface area contributed by atoms with Crippen LogP contribution >= 0.6 is 0 Å². The second kappa shape index (κ2) is 15.0. The molecule has 0 spiro atoms. The van der Waals surface area contributed by atoms with Crippen molar-refractivity contribution in [2.24, 2.45) is 5.11 Å². The lowest BCUT2D eigenvalue weighted by molar-refractivity contribution is -0.359. The Morgan fingerprint density at radius 3 is 1.94 bits per heavy atom. The molecule has 10 unspecified atom stereocenters. The highest BCUT2D eigenvalue weighted by Crippen LogP contribution is 2.29. The Morgan fingerprint density at radius 2 is 1.29 bits per heavy atom. The molecule has 0 aromatic heterocycles. The first-order valence-corrected chi connectivity index (χ1v) is 10.7. The summed E-state index contributed by atoms with van der Waals surface area (Å²) in [4.78, 5) is 2.59. The van der Waals surface area contributed by atoms with Crippen molar-refractivity contribution in [3.63, 3.8) is 0 Å². The van der Waals surface area contributed by atoms with E-state index in [0.29, 0.717) is 0 Å². The first-order chi connectivity index (χ1) is 16.3. The molecule has 16 nitrogen and oxygen atoms in total. The maximum atomic E-state index is 10.5. The van der Waals surface area contributed by atoms with Crippen LogP contribution in [0.2, 0.25) is 0 Å². The lowest BCUT2D eigenvalue weighted by Gasteiger charge is -2.45. The summed E-state index contributed by atoms with van der Waals surface area (Å²) >= 11 is 0. The Kier molecular flexibility index (Phi) is 12.8. The van der Waals surface area contributed by atoms with Crippen molar-refractivity contribution in [1.82, 2.24) is 0 Å². The Hall–Kier alpha value is -1.21. The number of rotatable bonds is 14. The zero-order valence-corrected chi connectivity index (χ0v) is 18.4. The summed E-state index contributed by atoms with van der Waals surface area (Å²) < 4.78 is 32.0. The van der Waals surface area contributed by atoms with E-state index in [0.717, 1.165) is 0 Å². The van der Waals surface area contributed by atoms with Crippen molar-refractivity contribution < 1.29 is 64.2 Å². The second-order valence-corrected chi connectivity index (χ2v) is 7.55. The molecule has 0 amide bonds. The van der Waals surface area contributed by atoms with Gasteiger partial charge in [0.1, 0.15) is 48.8 Å². The quantitative estimate of drug-likeness (QED) is 0.0521. The van der Waals surface area contributed by atoms with Gasteiger partial charge in [0.05, 0.1) is 46.2 Å². The molecule has 0 saturated carbocycles. The third-order valence-electron chi connectivity index (χ3n) is 5.24. The maximum Gasteiger partial charge on any atom is 0.187 e. The molecular formula is C18H33N3O13. The van der Waals surface area contributed by atoms with Crippen LogP contribution in [0.1, 0.15) is 0 Å². The van der Waals surface area contributed by atoms with Gasteiger partial charge in [0, 0.05) is 11.5 Å². The third kappa shape index (κ3) is 7.91. The minimum atomic E-state index is -1.74. The van der Waals surface area contributed by atoms with Crippen LogP contribution in [-0.2, 0) is 28.4 Å². The number of aliphatic hydroxyl groups excluding tert-OH is 7. The van der Waals surface area contributed by atoms with E-state index >= 15 is 0 Å². The highest BCUT2D eigenvalue weighted by molar-refractivity contribution is 4.94. The van der Waals surface area contributed by atoms with Crippen molar-refractivity contribution in [2.45, 2.75) is 61.4 Å².